The predicted molar refractivity (Wildman–Crippen MR) is 99.2 cm³/mol. The first-order chi connectivity index (χ1) is 11.3. The van der Waals surface area contributed by atoms with E-state index in [0.29, 0.717) is 24.7 Å². The summed E-state index contributed by atoms with van der Waals surface area (Å²) in [5.41, 5.74) is 1.27. The molecule has 2 rings (SSSR count). The van der Waals surface area contributed by atoms with Gasteiger partial charge in [-0.25, -0.2) is 4.79 Å². The highest BCUT2D eigenvalue weighted by molar-refractivity contribution is 7.78. The third-order valence-corrected chi connectivity index (χ3v) is 4.08. The van der Waals surface area contributed by atoms with Crippen molar-refractivity contribution in [2.45, 2.75) is 32.9 Å². The van der Waals surface area contributed by atoms with Gasteiger partial charge in [0.2, 0.25) is 0 Å². The highest BCUT2D eigenvalue weighted by atomic mass is 35.5. The van der Waals surface area contributed by atoms with E-state index in [2.05, 4.69) is 27.3 Å². The molecule has 0 atom stereocenters. The first kappa shape index (κ1) is 18.9. The van der Waals surface area contributed by atoms with E-state index < -0.39 is 5.60 Å². The molecule has 1 aliphatic rings. The van der Waals surface area contributed by atoms with Crippen LogP contribution in [0.1, 0.15) is 26.3 Å². The van der Waals surface area contributed by atoms with Crippen molar-refractivity contribution >= 4 is 40.8 Å². The predicted octanol–water partition coefficient (Wildman–Crippen LogP) is 4.13. The van der Waals surface area contributed by atoms with E-state index in [9.17, 15) is 4.79 Å². The Hall–Kier alpha value is -1.46. The van der Waals surface area contributed by atoms with Crippen molar-refractivity contribution in [2.75, 3.05) is 26.2 Å². The average Bonchev–Trinajstić information content (AvgIpc) is 2.50. The van der Waals surface area contributed by atoms with Crippen LogP contribution in [0.4, 0.5) is 10.5 Å². The Morgan fingerprint density at radius 2 is 2.00 bits per heavy atom. The smallest absolute Gasteiger partial charge is 0.410 e. The van der Waals surface area contributed by atoms with Gasteiger partial charge in [-0.15, -0.1) is 0 Å². The number of nitrogens with zero attached hydrogens (tertiary/aromatic N) is 3. The monoisotopic (exact) mass is 367 g/mol. The summed E-state index contributed by atoms with van der Waals surface area (Å²) in [5.74, 6) is 0. The second kappa shape index (κ2) is 8.08. The van der Waals surface area contributed by atoms with Crippen molar-refractivity contribution < 1.29 is 9.53 Å². The fourth-order valence-electron chi connectivity index (χ4n) is 2.46. The summed E-state index contributed by atoms with van der Waals surface area (Å²) in [4.78, 5) is 20.1. The van der Waals surface area contributed by atoms with Crippen molar-refractivity contribution in [2.24, 2.45) is 4.99 Å². The molecule has 7 heteroatoms. The van der Waals surface area contributed by atoms with E-state index in [4.69, 9.17) is 16.3 Å². The normalized spacial score (nSPS) is 15.8. The van der Waals surface area contributed by atoms with Gasteiger partial charge in [0.25, 0.3) is 0 Å². The minimum atomic E-state index is -0.468. The molecule has 1 amide bonds. The third-order valence-electron chi connectivity index (χ3n) is 3.62. The summed E-state index contributed by atoms with van der Waals surface area (Å²) in [6.45, 7) is 9.17. The van der Waals surface area contributed by atoms with Crippen LogP contribution in [0.25, 0.3) is 0 Å². The van der Waals surface area contributed by atoms with E-state index in [0.717, 1.165) is 24.3 Å². The summed E-state index contributed by atoms with van der Waals surface area (Å²) in [6.07, 6.45) is -0.252. The fraction of sp³-hybridized carbons (Fsp3) is 0.529. The molecule has 0 aromatic heterocycles. The summed E-state index contributed by atoms with van der Waals surface area (Å²) >= 11 is 10.9. The van der Waals surface area contributed by atoms with Crippen LogP contribution in [-0.2, 0) is 11.3 Å². The maximum absolute atomic E-state index is 12.1. The summed E-state index contributed by atoms with van der Waals surface area (Å²) < 4.78 is 5.41. The Morgan fingerprint density at radius 1 is 1.33 bits per heavy atom. The topological polar surface area (TPSA) is 45.1 Å². The second-order valence-corrected chi connectivity index (χ2v) is 7.31. The van der Waals surface area contributed by atoms with Crippen molar-refractivity contribution in [1.82, 2.24) is 9.80 Å². The van der Waals surface area contributed by atoms with Crippen LogP contribution in [0.3, 0.4) is 0 Å². The van der Waals surface area contributed by atoms with Crippen LogP contribution >= 0.6 is 23.8 Å². The van der Waals surface area contributed by atoms with E-state index in [-0.39, 0.29) is 6.09 Å². The minimum Gasteiger partial charge on any atom is -0.444 e. The number of benzene rings is 1. The molecule has 1 aromatic rings. The zero-order valence-electron chi connectivity index (χ0n) is 14.2. The van der Waals surface area contributed by atoms with E-state index in [1.54, 1.807) is 4.90 Å². The fourth-order valence-corrected chi connectivity index (χ4v) is 2.74. The van der Waals surface area contributed by atoms with E-state index in [1.807, 2.05) is 39.0 Å². The number of hydrogen-bond acceptors (Lipinski definition) is 5. The van der Waals surface area contributed by atoms with Gasteiger partial charge in [-0.05, 0) is 56.8 Å². The Kier molecular flexibility index (Phi) is 6.35. The summed E-state index contributed by atoms with van der Waals surface area (Å²) in [7, 11) is 0. The first-order valence-electron chi connectivity index (χ1n) is 7.85. The number of carbonyl (C=O) groups is 1. The maximum atomic E-state index is 12.1. The van der Waals surface area contributed by atoms with E-state index in [1.165, 1.54) is 0 Å². The van der Waals surface area contributed by atoms with Gasteiger partial charge in [-0.2, -0.15) is 4.99 Å². The number of halogens is 1. The van der Waals surface area contributed by atoms with Crippen LogP contribution in [0.15, 0.2) is 23.2 Å². The number of hydrogen-bond donors (Lipinski definition) is 0. The zero-order valence-corrected chi connectivity index (χ0v) is 15.8. The van der Waals surface area contributed by atoms with Crippen molar-refractivity contribution in [3.05, 3.63) is 28.8 Å². The highest BCUT2D eigenvalue weighted by Gasteiger charge is 2.26. The number of ether oxygens (including phenoxy) is 1. The summed E-state index contributed by atoms with van der Waals surface area (Å²) in [6, 6.07) is 5.55. The SMILES string of the molecule is CC(C)(C)OC(=O)N1CCN(Cc2cc(N=C=S)ccc2Cl)CC1. The Balaban J connectivity index is 1.93. The van der Waals surface area contributed by atoms with Gasteiger partial charge in [0, 0.05) is 37.7 Å². The standard InChI is InChI=1S/C17H22ClN3O2S/c1-17(2,3)23-16(22)21-8-6-20(7-9-21)11-13-10-14(19-12-24)4-5-15(13)18/h4-5,10H,6-9,11H2,1-3H3. The molecular weight excluding hydrogens is 346 g/mol. The highest BCUT2D eigenvalue weighted by Crippen LogP contribution is 2.24. The quantitative estimate of drug-likeness (QED) is 0.595. The molecule has 1 heterocycles. The lowest BCUT2D eigenvalue weighted by Gasteiger charge is -2.35. The van der Waals surface area contributed by atoms with Crippen molar-refractivity contribution in [3.8, 4) is 0 Å². The molecule has 0 radical (unpaired) electrons. The van der Waals surface area contributed by atoms with Gasteiger partial charge in [0.1, 0.15) is 5.60 Å². The van der Waals surface area contributed by atoms with Gasteiger partial charge < -0.3 is 9.64 Å². The molecule has 1 aliphatic heterocycles. The minimum absolute atomic E-state index is 0.252. The van der Waals surface area contributed by atoms with Gasteiger partial charge >= 0.3 is 6.09 Å². The number of piperazine rings is 1. The number of carbonyl (C=O) groups excluding carboxylic acids is 1. The average molecular weight is 368 g/mol. The van der Waals surface area contributed by atoms with Gasteiger partial charge in [-0.3, -0.25) is 4.90 Å². The lowest BCUT2D eigenvalue weighted by molar-refractivity contribution is 0.0139. The number of thiocarbonyl (C=S) groups is 1. The molecule has 24 heavy (non-hydrogen) atoms. The number of isothiocyanates is 1. The lowest BCUT2D eigenvalue weighted by atomic mass is 10.1. The Morgan fingerprint density at radius 3 is 2.58 bits per heavy atom. The zero-order chi connectivity index (χ0) is 17.7. The number of amides is 1. The molecule has 0 saturated carbocycles. The van der Waals surface area contributed by atoms with Gasteiger partial charge in [0.15, 0.2) is 0 Å². The third kappa shape index (κ3) is 5.56. The van der Waals surface area contributed by atoms with Crippen LogP contribution < -0.4 is 0 Å². The molecular formula is C17H22ClN3O2S. The lowest BCUT2D eigenvalue weighted by Crippen LogP contribution is -2.49. The number of aliphatic imine (C=N–C) groups is 1. The van der Waals surface area contributed by atoms with Crippen molar-refractivity contribution in [1.29, 1.82) is 0 Å². The molecule has 5 nitrogen and oxygen atoms in total. The molecule has 1 aromatic carbocycles. The van der Waals surface area contributed by atoms with Crippen LogP contribution in [0, 0.1) is 0 Å². The second-order valence-electron chi connectivity index (χ2n) is 6.72. The largest absolute Gasteiger partial charge is 0.444 e. The molecule has 0 bridgehead atoms. The Labute approximate surface area is 153 Å². The summed E-state index contributed by atoms with van der Waals surface area (Å²) in [5, 5.41) is 3.07. The van der Waals surface area contributed by atoms with Gasteiger partial charge in [0.05, 0.1) is 10.8 Å². The van der Waals surface area contributed by atoms with E-state index >= 15 is 0 Å². The molecule has 0 N–H and O–H groups in total. The van der Waals surface area contributed by atoms with Crippen LogP contribution in [-0.4, -0.2) is 52.8 Å². The molecule has 0 spiro atoms. The molecule has 0 unspecified atom stereocenters. The molecule has 0 aliphatic carbocycles. The maximum Gasteiger partial charge on any atom is 0.410 e. The Bertz CT molecular complexity index is 646. The molecule has 130 valence electrons. The molecule has 1 saturated heterocycles. The van der Waals surface area contributed by atoms with Gasteiger partial charge in [-0.1, -0.05) is 11.6 Å². The van der Waals surface area contributed by atoms with Crippen LogP contribution in [0.2, 0.25) is 5.02 Å². The number of rotatable bonds is 3. The van der Waals surface area contributed by atoms with Crippen molar-refractivity contribution in [3.63, 3.8) is 0 Å². The molecule has 1 fully saturated rings. The van der Waals surface area contributed by atoms with Crippen LogP contribution in [0.5, 0.6) is 0 Å². The first-order valence-corrected chi connectivity index (χ1v) is 8.64.